The van der Waals surface area contributed by atoms with E-state index >= 15 is 0 Å². The molecule has 8 nitrogen and oxygen atoms in total. The average Bonchev–Trinajstić information content (AvgIpc) is 3.42. The lowest BCUT2D eigenvalue weighted by atomic mass is 10.3. The molecule has 0 radical (unpaired) electrons. The van der Waals surface area contributed by atoms with Gasteiger partial charge in [-0.1, -0.05) is 11.8 Å². The fourth-order valence-corrected chi connectivity index (χ4v) is 4.75. The molecule has 4 heterocycles. The molecule has 1 saturated heterocycles. The van der Waals surface area contributed by atoms with Crippen LogP contribution >= 0.6 is 11.8 Å². The summed E-state index contributed by atoms with van der Waals surface area (Å²) in [6.07, 6.45) is 5.08. The Kier molecular flexibility index (Phi) is 4.79. The lowest BCUT2D eigenvalue weighted by Crippen LogP contribution is -2.27. The smallest absolute Gasteiger partial charge is 0.277 e. The second kappa shape index (κ2) is 7.22. The van der Waals surface area contributed by atoms with Crippen molar-refractivity contribution >= 4 is 21.8 Å². The van der Waals surface area contributed by atoms with Crippen LogP contribution in [-0.2, 0) is 15.8 Å². The van der Waals surface area contributed by atoms with Gasteiger partial charge >= 0.3 is 0 Å². The highest BCUT2D eigenvalue weighted by molar-refractivity contribution is 7.98. The molecule has 0 bridgehead atoms. The van der Waals surface area contributed by atoms with Crippen molar-refractivity contribution in [1.82, 2.24) is 19.5 Å². The SMILES string of the molecule is O=S(=O)(c1ccc(CSc2nnc(-c3ccncc3)o2)o1)N1CCCC1. The molecule has 136 valence electrons. The molecule has 26 heavy (non-hydrogen) atoms. The molecule has 0 saturated carbocycles. The third-order valence-corrected chi connectivity index (χ3v) is 6.58. The van der Waals surface area contributed by atoms with E-state index in [1.807, 2.05) is 0 Å². The predicted molar refractivity (Wildman–Crippen MR) is 93.8 cm³/mol. The van der Waals surface area contributed by atoms with Gasteiger partial charge < -0.3 is 8.83 Å². The van der Waals surface area contributed by atoms with Crippen molar-refractivity contribution in [2.24, 2.45) is 0 Å². The van der Waals surface area contributed by atoms with Gasteiger partial charge in [0.2, 0.25) is 11.0 Å². The van der Waals surface area contributed by atoms with Gasteiger partial charge in [0.15, 0.2) is 0 Å². The van der Waals surface area contributed by atoms with Crippen LogP contribution in [0.5, 0.6) is 0 Å². The number of sulfonamides is 1. The molecular weight excluding hydrogens is 376 g/mol. The van der Waals surface area contributed by atoms with E-state index in [1.165, 1.54) is 22.1 Å². The van der Waals surface area contributed by atoms with Crippen molar-refractivity contribution < 1.29 is 17.3 Å². The van der Waals surface area contributed by atoms with E-state index in [1.54, 1.807) is 30.6 Å². The van der Waals surface area contributed by atoms with Gasteiger partial charge in [-0.25, -0.2) is 8.42 Å². The first kappa shape index (κ1) is 17.3. The van der Waals surface area contributed by atoms with Gasteiger partial charge in [-0.15, -0.1) is 10.2 Å². The minimum atomic E-state index is -3.53. The van der Waals surface area contributed by atoms with Crippen molar-refractivity contribution in [1.29, 1.82) is 0 Å². The summed E-state index contributed by atoms with van der Waals surface area (Å²) >= 11 is 1.29. The number of rotatable bonds is 6. The van der Waals surface area contributed by atoms with Crippen LogP contribution in [0.2, 0.25) is 0 Å². The van der Waals surface area contributed by atoms with Gasteiger partial charge in [0.05, 0.1) is 5.75 Å². The minimum absolute atomic E-state index is 0.0157. The van der Waals surface area contributed by atoms with Gasteiger partial charge in [-0.05, 0) is 37.1 Å². The normalized spacial score (nSPS) is 15.5. The molecule has 0 spiro atoms. The summed E-state index contributed by atoms with van der Waals surface area (Å²) in [6.45, 7) is 1.10. The number of hydrogen-bond acceptors (Lipinski definition) is 8. The van der Waals surface area contributed by atoms with E-state index < -0.39 is 10.0 Å². The summed E-state index contributed by atoms with van der Waals surface area (Å²) in [5.41, 5.74) is 0.788. The zero-order valence-corrected chi connectivity index (χ0v) is 15.4. The van der Waals surface area contributed by atoms with Crippen LogP contribution in [0.25, 0.3) is 11.5 Å². The van der Waals surface area contributed by atoms with Crippen LogP contribution in [0.4, 0.5) is 0 Å². The summed E-state index contributed by atoms with van der Waals surface area (Å²) in [4.78, 5) is 3.94. The Labute approximate surface area is 154 Å². The maximum absolute atomic E-state index is 12.5. The van der Waals surface area contributed by atoms with Gasteiger partial charge in [-0.3, -0.25) is 4.98 Å². The summed E-state index contributed by atoms with van der Waals surface area (Å²) in [6, 6.07) is 6.73. The van der Waals surface area contributed by atoms with Gasteiger partial charge in [0, 0.05) is 31.0 Å². The van der Waals surface area contributed by atoms with Crippen LogP contribution in [0.3, 0.4) is 0 Å². The Hall–Kier alpha value is -2.17. The molecule has 1 aliphatic heterocycles. The van der Waals surface area contributed by atoms with E-state index in [4.69, 9.17) is 8.83 Å². The summed E-state index contributed by atoms with van der Waals surface area (Å²) in [5.74, 6) is 1.34. The van der Waals surface area contributed by atoms with Crippen LogP contribution in [0.15, 0.2) is 55.8 Å². The van der Waals surface area contributed by atoms with Gasteiger partial charge in [0.25, 0.3) is 15.2 Å². The standard InChI is InChI=1S/C16H16N4O4S2/c21-26(22,20-9-1-2-10-20)14-4-3-13(23-14)11-25-16-19-18-15(24-16)12-5-7-17-8-6-12/h3-8H,1-2,9-11H2. The Bertz CT molecular complexity index is 979. The minimum Gasteiger partial charge on any atom is -0.447 e. The second-order valence-corrected chi connectivity index (χ2v) is 8.53. The van der Waals surface area contributed by atoms with E-state index in [2.05, 4.69) is 15.2 Å². The number of thioether (sulfide) groups is 1. The molecule has 0 unspecified atom stereocenters. The largest absolute Gasteiger partial charge is 0.447 e. The first-order valence-electron chi connectivity index (χ1n) is 8.08. The molecule has 3 aromatic rings. The predicted octanol–water partition coefficient (Wildman–Crippen LogP) is 2.80. The topological polar surface area (TPSA) is 102 Å². The number of aromatic nitrogens is 3. The number of furan rings is 1. The average molecular weight is 392 g/mol. The van der Waals surface area contributed by atoms with E-state index in [0.29, 0.717) is 35.7 Å². The van der Waals surface area contributed by atoms with Gasteiger partial charge in [0.1, 0.15) is 5.76 Å². The van der Waals surface area contributed by atoms with Gasteiger partial charge in [-0.2, -0.15) is 4.31 Å². The molecule has 4 rings (SSSR count). The third-order valence-electron chi connectivity index (χ3n) is 3.97. The zero-order valence-electron chi connectivity index (χ0n) is 13.7. The quantitative estimate of drug-likeness (QED) is 0.590. The first-order valence-corrected chi connectivity index (χ1v) is 10.5. The van der Waals surface area contributed by atoms with Crippen molar-refractivity contribution in [2.45, 2.75) is 28.9 Å². The number of nitrogens with zero attached hydrogens (tertiary/aromatic N) is 4. The lowest BCUT2D eigenvalue weighted by molar-refractivity contribution is 0.396. The summed E-state index contributed by atoms with van der Waals surface area (Å²) in [5, 5.41) is 8.35. The van der Waals surface area contributed by atoms with Crippen LogP contribution < -0.4 is 0 Å². The van der Waals surface area contributed by atoms with Crippen molar-refractivity contribution in [3.05, 3.63) is 42.4 Å². The Morgan fingerprint density at radius 2 is 1.81 bits per heavy atom. The fourth-order valence-electron chi connectivity index (χ4n) is 2.64. The molecule has 0 amide bonds. The molecule has 10 heteroatoms. The highest BCUT2D eigenvalue weighted by Crippen LogP contribution is 2.28. The van der Waals surface area contributed by atoms with Crippen LogP contribution in [0, 0.1) is 0 Å². The molecule has 0 N–H and O–H groups in total. The zero-order chi connectivity index (χ0) is 18.0. The maximum atomic E-state index is 12.5. The maximum Gasteiger partial charge on any atom is 0.277 e. The summed E-state index contributed by atoms with van der Waals surface area (Å²) < 4.78 is 37.5. The van der Waals surface area contributed by atoms with Crippen molar-refractivity contribution in [2.75, 3.05) is 13.1 Å². The van der Waals surface area contributed by atoms with Crippen molar-refractivity contribution in [3.63, 3.8) is 0 Å². The molecule has 1 fully saturated rings. The molecule has 0 atom stereocenters. The van der Waals surface area contributed by atoms with Crippen molar-refractivity contribution in [3.8, 4) is 11.5 Å². The Balaban J connectivity index is 1.42. The molecule has 3 aromatic heterocycles. The summed E-state index contributed by atoms with van der Waals surface area (Å²) in [7, 11) is -3.53. The molecule has 0 aromatic carbocycles. The highest BCUT2D eigenvalue weighted by Gasteiger charge is 2.29. The lowest BCUT2D eigenvalue weighted by Gasteiger charge is -2.12. The molecule has 1 aliphatic rings. The fraction of sp³-hybridized carbons (Fsp3) is 0.312. The molecule has 0 aliphatic carbocycles. The van der Waals surface area contributed by atoms with E-state index in [-0.39, 0.29) is 5.09 Å². The monoisotopic (exact) mass is 392 g/mol. The molecular formula is C16H16N4O4S2. The number of hydrogen-bond donors (Lipinski definition) is 0. The number of pyridine rings is 1. The Morgan fingerprint density at radius 1 is 1.04 bits per heavy atom. The van der Waals surface area contributed by atoms with E-state index in [9.17, 15) is 8.42 Å². The Morgan fingerprint density at radius 3 is 2.58 bits per heavy atom. The highest BCUT2D eigenvalue weighted by atomic mass is 32.2. The second-order valence-electron chi connectivity index (χ2n) is 5.73. The van der Waals surface area contributed by atoms with Crippen LogP contribution in [-0.4, -0.2) is 41.0 Å². The van der Waals surface area contributed by atoms with Crippen LogP contribution in [0.1, 0.15) is 18.6 Å². The first-order chi connectivity index (χ1) is 12.6. The van der Waals surface area contributed by atoms with E-state index in [0.717, 1.165) is 18.4 Å². The third kappa shape index (κ3) is 3.53.